The van der Waals surface area contributed by atoms with Gasteiger partial charge in [0.1, 0.15) is 0 Å². The Labute approximate surface area is 123 Å². The number of nitrogens with one attached hydrogen (secondary N) is 1. The minimum atomic E-state index is 0.711. The van der Waals surface area contributed by atoms with Crippen LogP contribution in [0.25, 0.3) is 10.9 Å². The topological polar surface area (TPSA) is 44.8 Å². The second-order valence-electron chi connectivity index (χ2n) is 5.83. The van der Waals surface area contributed by atoms with Crippen LogP contribution in [0.15, 0.2) is 49.1 Å². The summed E-state index contributed by atoms with van der Waals surface area (Å²) >= 11 is 0. The molecule has 3 aromatic heterocycles. The van der Waals surface area contributed by atoms with Gasteiger partial charge in [0.05, 0.1) is 11.2 Å². The number of aromatic amines is 1. The minimum Gasteiger partial charge on any atom is -0.360 e. The van der Waals surface area contributed by atoms with Crippen LogP contribution in [0.3, 0.4) is 0 Å². The van der Waals surface area contributed by atoms with Gasteiger partial charge in [0.15, 0.2) is 0 Å². The molecule has 4 heteroatoms. The lowest BCUT2D eigenvalue weighted by Crippen LogP contribution is -2.46. The summed E-state index contributed by atoms with van der Waals surface area (Å²) in [6.45, 7) is 3.30. The van der Waals surface area contributed by atoms with Crippen molar-refractivity contribution in [1.29, 1.82) is 0 Å². The van der Waals surface area contributed by atoms with E-state index in [0.717, 1.165) is 26.1 Å². The van der Waals surface area contributed by atoms with Gasteiger partial charge in [0.2, 0.25) is 0 Å². The lowest BCUT2D eigenvalue weighted by molar-refractivity contribution is 0.0920. The monoisotopic (exact) mass is 278 g/mol. The largest absolute Gasteiger partial charge is 0.360 e. The summed E-state index contributed by atoms with van der Waals surface area (Å²) in [5.41, 5.74) is 3.69. The number of fused-ring (bicyclic) bond motifs is 1. The van der Waals surface area contributed by atoms with Crippen molar-refractivity contribution in [1.82, 2.24) is 19.9 Å². The van der Waals surface area contributed by atoms with Crippen molar-refractivity contribution in [2.24, 2.45) is 5.92 Å². The molecule has 3 aromatic rings. The summed E-state index contributed by atoms with van der Waals surface area (Å²) in [6.07, 6.45) is 8.74. The van der Waals surface area contributed by atoms with Crippen LogP contribution in [0.4, 0.5) is 0 Å². The van der Waals surface area contributed by atoms with Gasteiger partial charge in [0, 0.05) is 49.8 Å². The first-order valence-corrected chi connectivity index (χ1v) is 7.41. The van der Waals surface area contributed by atoms with Crippen LogP contribution in [0, 0.1) is 5.92 Å². The number of likely N-dealkylation sites (tertiary alicyclic amines) is 1. The standard InChI is InChI=1S/C17H18N4/c1-2-13(9-18-5-1)10-21-11-14(12-21)8-16-17-15(3-6-19-16)4-7-20-17/h1-7,9,14,20H,8,10-12H2. The Morgan fingerprint density at radius 1 is 1.19 bits per heavy atom. The predicted molar refractivity (Wildman–Crippen MR) is 82.8 cm³/mol. The van der Waals surface area contributed by atoms with E-state index in [1.165, 1.54) is 22.2 Å². The third-order valence-electron chi connectivity index (χ3n) is 4.20. The lowest BCUT2D eigenvalue weighted by Gasteiger charge is -2.39. The van der Waals surface area contributed by atoms with Gasteiger partial charge in [-0.3, -0.25) is 14.9 Å². The summed E-state index contributed by atoms with van der Waals surface area (Å²) < 4.78 is 0. The molecule has 0 radical (unpaired) electrons. The maximum absolute atomic E-state index is 4.55. The number of hydrogen-bond acceptors (Lipinski definition) is 3. The molecule has 1 aliphatic heterocycles. The molecular weight excluding hydrogens is 260 g/mol. The SMILES string of the molecule is c1cncc(CN2CC(Cc3nccc4cc[nH]c34)C2)c1. The van der Waals surface area contributed by atoms with Gasteiger partial charge in [-0.15, -0.1) is 0 Å². The van der Waals surface area contributed by atoms with Crippen molar-refractivity contribution in [2.45, 2.75) is 13.0 Å². The van der Waals surface area contributed by atoms with E-state index < -0.39 is 0 Å². The number of hydrogen-bond donors (Lipinski definition) is 1. The van der Waals surface area contributed by atoms with Gasteiger partial charge < -0.3 is 4.98 Å². The fraction of sp³-hybridized carbons (Fsp3) is 0.294. The first-order chi connectivity index (χ1) is 10.4. The molecule has 4 rings (SSSR count). The Bertz CT molecular complexity index is 729. The molecular formula is C17H18N4. The highest BCUT2D eigenvalue weighted by Gasteiger charge is 2.27. The molecule has 0 spiro atoms. The molecule has 0 saturated carbocycles. The number of aromatic nitrogens is 3. The zero-order chi connectivity index (χ0) is 14.1. The molecule has 0 aromatic carbocycles. The van der Waals surface area contributed by atoms with Gasteiger partial charge in [-0.1, -0.05) is 6.07 Å². The average molecular weight is 278 g/mol. The molecule has 0 aliphatic carbocycles. The van der Waals surface area contributed by atoms with E-state index in [0.29, 0.717) is 5.92 Å². The summed E-state index contributed by atoms with van der Waals surface area (Å²) in [7, 11) is 0. The Balaban J connectivity index is 1.37. The Morgan fingerprint density at radius 3 is 3.00 bits per heavy atom. The highest BCUT2D eigenvalue weighted by Crippen LogP contribution is 2.24. The highest BCUT2D eigenvalue weighted by molar-refractivity contribution is 5.81. The van der Waals surface area contributed by atoms with Gasteiger partial charge in [-0.2, -0.15) is 0 Å². The molecule has 1 fully saturated rings. The van der Waals surface area contributed by atoms with Crippen LogP contribution >= 0.6 is 0 Å². The molecule has 0 bridgehead atoms. The lowest BCUT2D eigenvalue weighted by atomic mass is 9.93. The van der Waals surface area contributed by atoms with Gasteiger partial charge in [-0.25, -0.2) is 0 Å². The second-order valence-corrected chi connectivity index (χ2v) is 5.83. The fourth-order valence-electron chi connectivity index (χ4n) is 3.16. The normalized spacial score (nSPS) is 16.2. The molecule has 0 amide bonds. The Morgan fingerprint density at radius 2 is 2.14 bits per heavy atom. The quantitative estimate of drug-likeness (QED) is 0.798. The first-order valence-electron chi connectivity index (χ1n) is 7.41. The van der Waals surface area contributed by atoms with Gasteiger partial charge >= 0.3 is 0 Å². The summed E-state index contributed by atoms with van der Waals surface area (Å²) in [5, 5.41) is 1.26. The number of H-pyrrole nitrogens is 1. The molecule has 106 valence electrons. The molecule has 4 nitrogen and oxygen atoms in total. The van der Waals surface area contributed by atoms with Crippen molar-refractivity contribution in [3.63, 3.8) is 0 Å². The molecule has 4 heterocycles. The van der Waals surface area contributed by atoms with E-state index in [4.69, 9.17) is 0 Å². The van der Waals surface area contributed by atoms with E-state index in [2.05, 4.69) is 38.1 Å². The third-order valence-corrected chi connectivity index (χ3v) is 4.20. The number of rotatable bonds is 4. The van der Waals surface area contributed by atoms with E-state index in [1.54, 1.807) is 0 Å². The van der Waals surface area contributed by atoms with Crippen molar-refractivity contribution in [2.75, 3.05) is 13.1 Å². The zero-order valence-electron chi connectivity index (χ0n) is 11.9. The molecule has 0 unspecified atom stereocenters. The average Bonchev–Trinajstić information content (AvgIpc) is 2.95. The van der Waals surface area contributed by atoms with Gasteiger partial charge in [0.25, 0.3) is 0 Å². The van der Waals surface area contributed by atoms with E-state index in [1.807, 2.05) is 30.9 Å². The summed E-state index contributed by atoms with van der Waals surface area (Å²) in [6, 6.07) is 8.31. The van der Waals surface area contributed by atoms with Gasteiger partial charge in [-0.05, 0) is 36.1 Å². The van der Waals surface area contributed by atoms with Crippen molar-refractivity contribution in [3.05, 3.63) is 60.3 Å². The predicted octanol–water partition coefficient (Wildman–Crippen LogP) is 2.63. The molecule has 1 N–H and O–H groups in total. The third kappa shape index (κ3) is 2.54. The summed E-state index contributed by atoms with van der Waals surface area (Å²) in [5.74, 6) is 0.711. The van der Waals surface area contributed by atoms with Crippen molar-refractivity contribution in [3.8, 4) is 0 Å². The van der Waals surface area contributed by atoms with Crippen LogP contribution in [0.5, 0.6) is 0 Å². The van der Waals surface area contributed by atoms with Crippen LogP contribution in [-0.4, -0.2) is 32.9 Å². The van der Waals surface area contributed by atoms with Crippen molar-refractivity contribution < 1.29 is 0 Å². The van der Waals surface area contributed by atoms with Crippen LogP contribution < -0.4 is 0 Å². The van der Waals surface area contributed by atoms with E-state index >= 15 is 0 Å². The van der Waals surface area contributed by atoms with Crippen molar-refractivity contribution >= 4 is 10.9 Å². The number of nitrogens with zero attached hydrogens (tertiary/aromatic N) is 3. The minimum absolute atomic E-state index is 0.711. The second kappa shape index (κ2) is 5.30. The van der Waals surface area contributed by atoms with Crippen LogP contribution in [0.2, 0.25) is 0 Å². The molecule has 21 heavy (non-hydrogen) atoms. The summed E-state index contributed by atoms with van der Waals surface area (Å²) in [4.78, 5) is 14.5. The highest BCUT2D eigenvalue weighted by atomic mass is 15.2. The van der Waals surface area contributed by atoms with Crippen LogP contribution in [-0.2, 0) is 13.0 Å². The molecule has 1 aliphatic rings. The van der Waals surface area contributed by atoms with E-state index in [-0.39, 0.29) is 0 Å². The zero-order valence-corrected chi connectivity index (χ0v) is 11.9. The smallest absolute Gasteiger partial charge is 0.0673 e. The maximum atomic E-state index is 4.55. The van der Waals surface area contributed by atoms with E-state index in [9.17, 15) is 0 Å². The number of pyridine rings is 2. The fourth-order valence-corrected chi connectivity index (χ4v) is 3.16. The maximum Gasteiger partial charge on any atom is 0.0673 e. The Kier molecular flexibility index (Phi) is 3.16. The van der Waals surface area contributed by atoms with Crippen LogP contribution in [0.1, 0.15) is 11.3 Å². The molecule has 0 atom stereocenters. The Hall–Kier alpha value is -2.20. The first kappa shape index (κ1) is 12.5. The molecule has 1 saturated heterocycles.